The van der Waals surface area contributed by atoms with Gasteiger partial charge in [0.15, 0.2) is 12.1 Å². The van der Waals surface area contributed by atoms with Crippen molar-refractivity contribution in [3.05, 3.63) is 60.8 Å². The highest BCUT2D eigenvalue weighted by atomic mass is 16.7. The summed E-state index contributed by atoms with van der Waals surface area (Å²) in [5.41, 5.74) is 0. The number of carbonyl (C=O) groups excluding carboxylic acids is 2. The topological polar surface area (TPSA) is 172 Å². The lowest BCUT2D eigenvalue weighted by Gasteiger charge is -2.45. The summed E-state index contributed by atoms with van der Waals surface area (Å²) in [5.74, 6) is -2.81. The number of fused-ring (bicyclic) bond motifs is 2. The van der Waals surface area contributed by atoms with Crippen LogP contribution in [0.15, 0.2) is 60.8 Å². The number of Topliss-reactive ketones (excluding diaryl/α,β-unsaturated/α-hetero) is 1. The standard InChI is InChI=1S/C39H60O11/c1-4-27(2)35-18-13-11-9-7-5-6-8-10-12-17-33(48-38-20-19-31(42)26-47-38)23-36-28(3)34(44)25-39(46,50-36)24-30(41)16-14-15-29(40)21-32(43)22-37(45)49-35/h5-13,17,27-28,30-36,38,41-44,46H,4,14-16,18-26H2,1-3H3/b6-5+,9-7+,10-8+,13-11+,17-12+. The molecule has 0 spiro atoms. The van der Waals surface area contributed by atoms with Crippen molar-refractivity contribution in [2.75, 3.05) is 6.61 Å². The molecular weight excluding hydrogens is 644 g/mol. The van der Waals surface area contributed by atoms with Gasteiger partial charge in [0.25, 0.3) is 0 Å². The fourth-order valence-electron chi connectivity index (χ4n) is 6.39. The number of hydrogen-bond donors (Lipinski definition) is 5. The summed E-state index contributed by atoms with van der Waals surface area (Å²) in [6.45, 7) is 6.05. The second kappa shape index (κ2) is 21.8. The predicted octanol–water partition coefficient (Wildman–Crippen LogP) is 4.51. The zero-order valence-electron chi connectivity index (χ0n) is 29.9. The molecule has 0 radical (unpaired) electrons. The lowest BCUT2D eigenvalue weighted by atomic mass is 9.84. The van der Waals surface area contributed by atoms with Gasteiger partial charge in [-0.25, -0.2) is 0 Å². The average molecular weight is 705 g/mol. The van der Waals surface area contributed by atoms with E-state index in [-0.39, 0.29) is 68.9 Å². The van der Waals surface area contributed by atoms with Crippen LogP contribution in [0, 0.1) is 11.8 Å². The van der Waals surface area contributed by atoms with Crippen molar-refractivity contribution in [2.45, 2.75) is 153 Å². The Morgan fingerprint density at radius 1 is 0.900 bits per heavy atom. The summed E-state index contributed by atoms with van der Waals surface area (Å²) >= 11 is 0. The maximum atomic E-state index is 12.6. The van der Waals surface area contributed by atoms with E-state index in [1.807, 2.05) is 81.5 Å². The van der Waals surface area contributed by atoms with Crippen LogP contribution in [0.25, 0.3) is 0 Å². The highest BCUT2D eigenvalue weighted by molar-refractivity contribution is 5.80. The van der Waals surface area contributed by atoms with Crippen molar-refractivity contribution in [3.8, 4) is 0 Å². The summed E-state index contributed by atoms with van der Waals surface area (Å²) in [5, 5.41) is 53.4. The van der Waals surface area contributed by atoms with E-state index in [4.69, 9.17) is 18.9 Å². The first-order valence-corrected chi connectivity index (χ1v) is 18.3. The highest BCUT2D eigenvalue weighted by Crippen LogP contribution is 2.37. The summed E-state index contributed by atoms with van der Waals surface area (Å²) in [6, 6.07) is 0. The van der Waals surface area contributed by atoms with Gasteiger partial charge >= 0.3 is 5.97 Å². The molecule has 0 amide bonds. The molecule has 2 fully saturated rings. The molecule has 0 saturated carbocycles. The number of ether oxygens (including phenoxy) is 4. The molecule has 0 aromatic carbocycles. The molecule has 0 aromatic heterocycles. The Morgan fingerprint density at radius 2 is 1.60 bits per heavy atom. The average Bonchev–Trinajstić information content (AvgIpc) is 3.05. The molecule has 50 heavy (non-hydrogen) atoms. The van der Waals surface area contributed by atoms with Gasteiger partial charge < -0.3 is 44.5 Å². The van der Waals surface area contributed by atoms with Gasteiger partial charge in [-0.15, -0.1) is 0 Å². The van der Waals surface area contributed by atoms with Crippen molar-refractivity contribution in [1.29, 1.82) is 0 Å². The van der Waals surface area contributed by atoms with E-state index in [1.165, 1.54) is 0 Å². The number of aliphatic hydroxyl groups is 5. The molecule has 0 aromatic rings. The minimum atomic E-state index is -1.79. The first kappa shape index (κ1) is 41.9. The zero-order valence-corrected chi connectivity index (χ0v) is 29.9. The second-order valence-corrected chi connectivity index (χ2v) is 14.1. The van der Waals surface area contributed by atoms with E-state index in [9.17, 15) is 35.1 Å². The van der Waals surface area contributed by atoms with Gasteiger partial charge in [0.05, 0.1) is 49.7 Å². The third kappa shape index (κ3) is 15.4. The number of allylic oxidation sites excluding steroid dienone is 8. The summed E-state index contributed by atoms with van der Waals surface area (Å²) in [6.07, 6.45) is 15.8. The summed E-state index contributed by atoms with van der Waals surface area (Å²) in [4.78, 5) is 25.2. The molecule has 282 valence electrons. The molecule has 11 atom stereocenters. The Bertz CT molecular complexity index is 1170. The fraction of sp³-hybridized carbons (Fsp3) is 0.692. The molecule has 3 rings (SSSR count). The van der Waals surface area contributed by atoms with Crippen molar-refractivity contribution in [3.63, 3.8) is 0 Å². The van der Waals surface area contributed by atoms with Crippen LogP contribution in [0.3, 0.4) is 0 Å². The van der Waals surface area contributed by atoms with E-state index in [0.717, 1.165) is 6.42 Å². The Hall–Kier alpha value is -2.48. The molecule has 2 saturated heterocycles. The first-order chi connectivity index (χ1) is 23.9. The molecule has 5 N–H and O–H groups in total. The van der Waals surface area contributed by atoms with Crippen LogP contribution in [-0.2, 0) is 28.5 Å². The lowest BCUT2D eigenvalue weighted by molar-refractivity contribution is -0.302. The van der Waals surface area contributed by atoms with E-state index < -0.39 is 54.7 Å². The number of rotatable bonds is 4. The molecule has 3 heterocycles. The molecule has 3 aliphatic rings. The van der Waals surface area contributed by atoms with Gasteiger partial charge in [-0.1, -0.05) is 88.0 Å². The predicted molar refractivity (Wildman–Crippen MR) is 188 cm³/mol. The van der Waals surface area contributed by atoms with Crippen LogP contribution < -0.4 is 0 Å². The SMILES string of the molecule is CCC(C)C1C/C=C/C=C/C=C/C=C/C=C/C(OC2CCC(O)CO2)CC2OC(O)(CC(O)CCCC(=O)CC(O)CC(=O)O1)CC(O)C2C. The van der Waals surface area contributed by atoms with Crippen molar-refractivity contribution >= 4 is 11.8 Å². The number of aliphatic hydroxyl groups excluding tert-OH is 4. The number of hydrogen-bond acceptors (Lipinski definition) is 11. The number of cyclic esters (lactones) is 1. The molecular formula is C39H60O11. The number of ketones is 1. The molecule has 0 aliphatic carbocycles. The largest absolute Gasteiger partial charge is 0.462 e. The third-order valence-corrected chi connectivity index (χ3v) is 9.68. The van der Waals surface area contributed by atoms with Crippen LogP contribution in [0.2, 0.25) is 0 Å². The molecule has 11 unspecified atom stereocenters. The smallest absolute Gasteiger partial charge is 0.308 e. The van der Waals surface area contributed by atoms with Gasteiger partial charge in [0.2, 0.25) is 0 Å². The fourth-order valence-corrected chi connectivity index (χ4v) is 6.39. The van der Waals surface area contributed by atoms with Crippen LogP contribution >= 0.6 is 0 Å². The normalized spacial score (nSPS) is 40.3. The third-order valence-electron chi connectivity index (χ3n) is 9.68. The van der Waals surface area contributed by atoms with E-state index in [0.29, 0.717) is 32.1 Å². The lowest BCUT2D eigenvalue weighted by Crippen LogP contribution is -2.53. The van der Waals surface area contributed by atoms with E-state index in [2.05, 4.69) is 0 Å². The van der Waals surface area contributed by atoms with Crippen LogP contribution in [-0.4, -0.2) is 98.7 Å². The number of esters is 1. The summed E-state index contributed by atoms with van der Waals surface area (Å²) < 4.78 is 23.8. The van der Waals surface area contributed by atoms with Gasteiger partial charge in [-0.3, -0.25) is 9.59 Å². The molecule has 11 nitrogen and oxygen atoms in total. The molecule has 11 heteroatoms. The van der Waals surface area contributed by atoms with Crippen molar-refractivity contribution < 1.29 is 54.1 Å². The quantitative estimate of drug-likeness (QED) is 0.261. The second-order valence-electron chi connectivity index (χ2n) is 14.1. The minimum absolute atomic E-state index is 0.0782. The van der Waals surface area contributed by atoms with Crippen LogP contribution in [0.5, 0.6) is 0 Å². The van der Waals surface area contributed by atoms with Crippen LogP contribution in [0.1, 0.15) is 97.8 Å². The molecule has 3 aliphatic heterocycles. The monoisotopic (exact) mass is 704 g/mol. The van der Waals surface area contributed by atoms with Gasteiger partial charge in [-0.2, -0.15) is 0 Å². The minimum Gasteiger partial charge on any atom is -0.462 e. The van der Waals surface area contributed by atoms with Gasteiger partial charge in [0, 0.05) is 50.9 Å². The van der Waals surface area contributed by atoms with Crippen molar-refractivity contribution in [1.82, 2.24) is 0 Å². The Morgan fingerprint density at radius 3 is 2.28 bits per heavy atom. The first-order valence-electron chi connectivity index (χ1n) is 18.3. The maximum Gasteiger partial charge on any atom is 0.308 e. The Labute approximate surface area is 297 Å². The molecule has 2 bridgehead atoms. The van der Waals surface area contributed by atoms with E-state index in [1.54, 1.807) is 0 Å². The van der Waals surface area contributed by atoms with E-state index >= 15 is 0 Å². The Balaban J connectivity index is 1.77. The summed E-state index contributed by atoms with van der Waals surface area (Å²) in [7, 11) is 0. The van der Waals surface area contributed by atoms with Crippen LogP contribution in [0.4, 0.5) is 0 Å². The van der Waals surface area contributed by atoms with Gasteiger partial charge in [-0.05, 0) is 25.2 Å². The van der Waals surface area contributed by atoms with Gasteiger partial charge in [0.1, 0.15) is 11.9 Å². The maximum absolute atomic E-state index is 12.6. The highest BCUT2D eigenvalue weighted by Gasteiger charge is 2.45. The Kier molecular flexibility index (Phi) is 18.3. The van der Waals surface area contributed by atoms with Crippen molar-refractivity contribution in [2.24, 2.45) is 11.8 Å². The number of carbonyl (C=O) groups is 2. The zero-order chi connectivity index (χ0) is 36.5.